The van der Waals surface area contributed by atoms with Gasteiger partial charge < -0.3 is 9.80 Å². The lowest BCUT2D eigenvalue weighted by atomic mass is 10.1. The molecule has 2 amide bonds. The number of sulfonamides is 1. The number of nitrogens with zero attached hydrogens (tertiary/aromatic N) is 3. The molecule has 0 aliphatic carbocycles. The number of carbonyl (C=O) groups excluding carboxylic acids is 3. The SMILES string of the molecule is CC(=O)c1ccc(S(=O)(=O)N2CCN(C(=O)c3cccc(CN4CCCC4=O)c3)CC2)cc1. The first-order valence-corrected chi connectivity index (χ1v) is 12.5. The highest BCUT2D eigenvalue weighted by Crippen LogP contribution is 2.20. The number of likely N-dealkylation sites (tertiary alicyclic amines) is 1. The molecule has 0 bridgehead atoms. The molecular weight excluding hydrogens is 442 g/mol. The van der Waals surface area contributed by atoms with Crippen molar-refractivity contribution in [1.82, 2.24) is 14.1 Å². The number of Topliss-reactive ketones (excluding diaryl/α,β-unsaturated/α-hetero) is 1. The predicted molar refractivity (Wildman–Crippen MR) is 122 cm³/mol. The van der Waals surface area contributed by atoms with E-state index in [9.17, 15) is 22.8 Å². The van der Waals surface area contributed by atoms with Crippen LogP contribution in [0.15, 0.2) is 53.4 Å². The molecule has 2 saturated heterocycles. The van der Waals surface area contributed by atoms with Crippen molar-refractivity contribution in [3.63, 3.8) is 0 Å². The van der Waals surface area contributed by atoms with Crippen LogP contribution in [0.2, 0.25) is 0 Å². The van der Waals surface area contributed by atoms with Gasteiger partial charge in [-0.3, -0.25) is 14.4 Å². The first kappa shape index (κ1) is 23.1. The molecule has 9 heteroatoms. The van der Waals surface area contributed by atoms with Crippen molar-refractivity contribution >= 4 is 27.6 Å². The highest BCUT2D eigenvalue weighted by molar-refractivity contribution is 7.89. The number of hydrogen-bond acceptors (Lipinski definition) is 5. The Morgan fingerprint density at radius 2 is 1.61 bits per heavy atom. The summed E-state index contributed by atoms with van der Waals surface area (Å²) in [6.07, 6.45) is 1.44. The van der Waals surface area contributed by atoms with E-state index < -0.39 is 10.0 Å². The predicted octanol–water partition coefficient (Wildman–Crippen LogP) is 2.16. The van der Waals surface area contributed by atoms with E-state index in [1.54, 1.807) is 15.9 Å². The number of carbonyl (C=O) groups is 3. The van der Waals surface area contributed by atoms with Crippen LogP contribution in [0.1, 0.15) is 46.0 Å². The number of ketones is 1. The zero-order chi connectivity index (χ0) is 23.6. The molecule has 2 aromatic rings. The third-order valence-electron chi connectivity index (χ3n) is 6.14. The third kappa shape index (κ3) is 4.99. The molecule has 2 aromatic carbocycles. The normalized spacial score (nSPS) is 17.4. The van der Waals surface area contributed by atoms with Gasteiger partial charge in [0, 0.05) is 56.8 Å². The summed E-state index contributed by atoms with van der Waals surface area (Å²) >= 11 is 0. The quantitative estimate of drug-likeness (QED) is 0.605. The maximum absolute atomic E-state index is 13.0. The number of amides is 2. The molecule has 0 atom stereocenters. The lowest BCUT2D eigenvalue weighted by molar-refractivity contribution is -0.128. The fraction of sp³-hybridized carbons (Fsp3) is 0.375. The van der Waals surface area contributed by atoms with Gasteiger partial charge in [0.05, 0.1) is 4.90 Å². The maximum Gasteiger partial charge on any atom is 0.253 e. The van der Waals surface area contributed by atoms with Gasteiger partial charge in [0.25, 0.3) is 5.91 Å². The van der Waals surface area contributed by atoms with E-state index in [4.69, 9.17) is 0 Å². The monoisotopic (exact) mass is 469 g/mol. The zero-order valence-corrected chi connectivity index (χ0v) is 19.4. The molecule has 2 heterocycles. The smallest absolute Gasteiger partial charge is 0.253 e. The Labute approximate surface area is 193 Å². The van der Waals surface area contributed by atoms with Crippen molar-refractivity contribution in [2.24, 2.45) is 0 Å². The minimum absolute atomic E-state index is 0.123. The Balaban J connectivity index is 1.39. The minimum atomic E-state index is -3.70. The van der Waals surface area contributed by atoms with Crippen molar-refractivity contribution in [1.29, 1.82) is 0 Å². The van der Waals surface area contributed by atoms with E-state index in [1.165, 1.54) is 35.5 Å². The Morgan fingerprint density at radius 3 is 2.21 bits per heavy atom. The minimum Gasteiger partial charge on any atom is -0.338 e. The highest BCUT2D eigenvalue weighted by Gasteiger charge is 2.30. The van der Waals surface area contributed by atoms with Crippen LogP contribution < -0.4 is 0 Å². The van der Waals surface area contributed by atoms with Crippen molar-refractivity contribution in [2.75, 3.05) is 32.7 Å². The molecule has 2 aliphatic rings. The number of benzene rings is 2. The van der Waals surface area contributed by atoms with Crippen LogP contribution in [0, 0.1) is 0 Å². The van der Waals surface area contributed by atoms with Crippen LogP contribution in [0.4, 0.5) is 0 Å². The van der Waals surface area contributed by atoms with Gasteiger partial charge in [-0.15, -0.1) is 0 Å². The average Bonchev–Trinajstić information content (AvgIpc) is 3.23. The second-order valence-electron chi connectivity index (χ2n) is 8.40. The van der Waals surface area contributed by atoms with Crippen LogP contribution in [0.25, 0.3) is 0 Å². The summed E-state index contributed by atoms with van der Waals surface area (Å²) in [6.45, 7) is 3.65. The Morgan fingerprint density at radius 1 is 0.909 bits per heavy atom. The summed E-state index contributed by atoms with van der Waals surface area (Å²) in [7, 11) is -3.70. The lowest BCUT2D eigenvalue weighted by Gasteiger charge is -2.34. The molecule has 2 fully saturated rings. The first-order valence-electron chi connectivity index (χ1n) is 11.0. The van der Waals surface area contributed by atoms with Gasteiger partial charge in [-0.2, -0.15) is 4.31 Å². The second-order valence-corrected chi connectivity index (χ2v) is 10.3. The van der Waals surface area contributed by atoms with Gasteiger partial charge in [0.2, 0.25) is 15.9 Å². The molecule has 33 heavy (non-hydrogen) atoms. The standard InChI is InChI=1S/C24H27N3O5S/c1-18(28)20-7-9-22(10-8-20)33(31,32)27-14-12-25(13-15-27)24(30)21-5-2-4-19(16-21)17-26-11-3-6-23(26)29/h2,4-5,7-10,16H,3,6,11-15,17H2,1H3. The summed E-state index contributed by atoms with van der Waals surface area (Å²) in [5.74, 6) is -0.130. The maximum atomic E-state index is 13.0. The van der Waals surface area contributed by atoms with E-state index in [0.29, 0.717) is 37.2 Å². The Hall–Kier alpha value is -3.04. The Kier molecular flexibility index (Phi) is 6.62. The molecule has 4 rings (SSSR count). The fourth-order valence-electron chi connectivity index (χ4n) is 4.22. The van der Waals surface area contributed by atoms with Gasteiger partial charge in [-0.25, -0.2) is 8.42 Å². The molecule has 0 spiro atoms. The van der Waals surface area contributed by atoms with Crippen LogP contribution in [-0.4, -0.2) is 72.8 Å². The largest absolute Gasteiger partial charge is 0.338 e. The zero-order valence-electron chi connectivity index (χ0n) is 18.6. The van der Waals surface area contributed by atoms with Gasteiger partial charge in [0.1, 0.15) is 0 Å². The van der Waals surface area contributed by atoms with E-state index in [0.717, 1.165) is 18.5 Å². The summed E-state index contributed by atoms with van der Waals surface area (Å²) in [5, 5.41) is 0. The van der Waals surface area contributed by atoms with E-state index in [1.807, 2.05) is 18.2 Å². The number of hydrogen-bond donors (Lipinski definition) is 0. The lowest BCUT2D eigenvalue weighted by Crippen LogP contribution is -2.50. The molecule has 0 saturated carbocycles. The molecule has 0 aromatic heterocycles. The molecule has 0 N–H and O–H groups in total. The van der Waals surface area contributed by atoms with Gasteiger partial charge in [-0.1, -0.05) is 24.3 Å². The molecule has 2 aliphatic heterocycles. The first-order chi connectivity index (χ1) is 15.8. The van der Waals surface area contributed by atoms with Gasteiger partial charge in [-0.05, 0) is 43.2 Å². The van der Waals surface area contributed by atoms with Crippen molar-refractivity contribution in [2.45, 2.75) is 31.2 Å². The fourth-order valence-corrected chi connectivity index (χ4v) is 5.64. The molecule has 174 valence electrons. The van der Waals surface area contributed by atoms with Gasteiger partial charge in [0.15, 0.2) is 5.78 Å². The van der Waals surface area contributed by atoms with Gasteiger partial charge >= 0.3 is 0 Å². The second kappa shape index (κ2) is 9.44. The summed E-state index contributed by atoms with van der Waals surface area (Å²) < 4.78 is 27.3. The van der Waals surface area contributed by atoms with Crippen molar-refractivity contribution in [3.05, 3.63) is 65.2 Å². The Bertz CT molecular complexity index is 1170. The van der Waals surface area contributed by atoms with Crippen molar-refractivity contribution in [3.8, 4) is 0 Å². The summed E-state index contributed by atoms with van der Waals surface area (Å²) in [5.41, 5.74) is 1.90. The molecule has 8 nitrogen and oxygen atoms in total. The number of piperazine rings is 1. The van der Waals surface area contributed by atoms with E-state index in [2.05, 4.69) is 0 Å². The van der Waals surface area contributed by atoms with E-state index in [-0.39, 0.29) is 35.6 Å². The highest BCUT2D eigenvalue weighted by atomic mass is 32.2. The topological polar surface area (TPSA) is 95.1 Å². The third-order valence-corrected chi connectivity index (χ3v) is 8.06. The molecule has 0 radical (unpaired) electrons. The van der Waals surface area contributed by atoms with Crippen LogP contribution >= 0.6 is 0 Å². The van der Waals surface area contributed by atoms with E-state index >= 15 is 0 Å². The molecule has 0 unspecified atom stereocenters. The number of rotatable bonds is 6. The van der Waals surface area contributed by atoms with Crippen molar-refractivity contribution < 1.29 is 22.8 Å². The van der Waals surface area contributed by atoms with Crippen LogP contribution in [0.5, 0.6) is 0 Å². The summed E-state index contributed by atoms with van der Waals surface area (Å²) in [4.78, 5) is 39.9. The summed E-state index contributed by atoms with van der Waals surface area (Å²) in [6, 6.07) is 13.2. The van der Waals surface area contributed by atoms with Crippen LogP contribution in [-0.2, 0) is 21.4 Å². The molecular formula is C24H27N3O5S. The van der Waals surface area contributed by atoms with Crippen LogP contribution in [0.3, 0.4) is 0 Å². The average molecular weight is 470 g/mol.